The summed E-state index contributed by atoms with van der Waals surface area (Å²) in [6, 6.07) is 46.1. The number of hydrogen-bond acceptors (Lipinski definition) is 8. The van der Waals surface area contributed by atoms with E-state index in [1.165, 1.54) is 0 Å². The normalized spacial score (nSPS) is 15.1. The van der Waals surface area contributed by atoms with Crippen LogP contribution in [0.15, 0.2) is 146 Å². The molecule has 0 aromatic heterocycles. The van der Waals surface area contributed by atoms with Crippen LogP contribution in [-0.4, -0.2) is 130 Å². The number of amides is 4. The van der Waals surface area contributed by atoms with E-state index in [9.17, 15) is 33.9 Å². The van der Waals surface area contributed by atoms with Gasteiger partial charge in [0.2, 0.25) is 23.6 Å². The third-order valence-electron chi connectivity index (χ3n) is 11.4. The first-order chi connectivity index (χ1) is 33.0. The van der Waals surface area contributed by atoms with E-state index < -0.39 is 20.2 Å². The molecule has 1 N–H and O–H groups in total. The van der Waals surface area contributed by atoms with Gasteiger partial charge >= 0.3 is 72.4 Å². The zero-order valence-electron chi connectivity index (χ0n) is 38.2. The summed E-state index contributed by atoms with van der Waals surface area (Å²) in [5.74, 6) is -0.544. The quantitative estimate of drug-likeness (QED) is 0.0847. The average Bonchev–Trinajstić information content (AvgIpc) is 3.54. The fourth-order valence-electron chi connectivity index (χ4n) is 7.84. The van der Waals surface area contributed by atoms with E-state index in [4.69, 9.17) is 26.3 Å². The van der Waals surface area contributed by atoms with Gasteiger partial charge in [-0.05, 0) is 22.3 Å². The molecule has 5 aromatic rings. The van der Waals surface area contributed by atoms with E-state index in [1.807, 2.05) is 151 Å². The predicted octanol–water partition coefficient (Wildman–Crippen LogP) is 7.84. The van der Waals surface area contributed by atoms with Crippen molar-refractivity contribution in [2.24, 2.45) is 11.8 Å². The molecule has 5 aromatic carbocycles. The summed E-state index contributed by atoms with van der Waals surface area (Å²) in [5, 5.41) is 9.91. The number of benzene rings is 5. The van der Waals surface area contributed by atoms with Gasteiger partial charge in [-0.15, -0.1) is 23.2 Å². The molecule has 368 valence electrons. The minimum atomic E-state index is -1.52. The molecule has 3 heterocycles. The molecular formula is C54H63Cl2IN4O8. The Labute approximate surface area is 424 Å². The van der Waals surface area contributed by atoms with E-state index in [1.54, 1.807) is 19.6 Å². The van der Waals surface area contributed by atoms with Crippen molar-refractivity contribution >= 4 is 79.3 Å². The molecule has 69 heavy (non-hydrogen) atoms. The number of fused-ring (bicyclic) bond motifs is 1. The van der Waals surface area contributed by atoms with Crippen LogP contribution in [0.3, 0.4) is 0 Å². The molecule has 12 nitrogen and oxygen atoms in total. The summed E-state index contributed by atoms with van der Waals surface area (Å²) in [6.07, 6.45) is 2.17. The van der Waals surface area contributed by atoms with Crippen LogP contribution in [0.1, 0.15) is 40.0 Å². The number of aldehydes is 1. The van der Waals surface area contributed by atoms with Crippen LogP contribution in [0.5, 0.6) is 0 Å². The Kier molecular flexibility index (Phi) is 24.4. The van der Waals surface area contributed by atoms with E-state index in [2.05, 4.69) is 0 Å². The first-order valence-corrected chi connectivity index (χ1v) is 27.6. The number of aliphatic hydroxyl groups excluding tert-OH is 1. The van der Waals surface area contributed by atoms with Crippen LogP contribution >= 0.6 is 43.4 Å². The maximum absolute atomic E-state index is 12.7. The van der Waals surface area contributed by atoms with Crippen molar-refractivity contribution in [1.29, 1.82) is 0 Å². The fraction of sp³-hybridized carbons (Fsp3) is 0.333. The zero-order valence-corrected chi connectivity index (χ0v) is 41.9. The number of nitrogens with zero attached hydrogens (tertiary/aromatic N) is 4. The second-order valence-electron chi connectivity index (χ2n) is 16.3. The summed E-state index contributed by atoms with van der Waals surface area (Å²) in [6.45, 7) is 3.58. The van der Waals surface area contributed by atoms with Crippen molar-refractivity contribution < 1.29 is 36.9 Å². The van der Waals surface area contributed by atoms with Gasteiger partial charge in [-0.25, -0.2) is 0 Å². The maximum Gasteiger partial charge on any atom is 0.227 e. The second kappa shape index (κ2) is 30.1. The van der Waals surface area contributed by atoms with Crippen LogP contribution in [0, 0.1) is 15.4 Å². The van der Waals surface area contributed by atoms with E-state index in [0.29, 0.717) is 78.0 Å². The van der Waals surface area contributed by atoms with Crippen LogP contribution in [0.25, 0.3) is 0 Å². The zero-order chi connectivity index (χ0) is 48.7. The molecule has 0 aliphatic carbocycles. The molecule has 15 heteroatoms. The number of alkyl halides is 3. The number of carbonyl (C=O) groups is 6. The summed E-state index contributed by atoms with van der Waals surface area (Å²) >= 11 is 8.01. The Morgan fingerprint density at radius 3 is 1.17 bits per heavy atom. The molecule has 3 aliphatic rings. The van der Waals surface area contributed by atoms with Gasteiger partial charge in [0.05, 0.1) is 31.0 Å². The van der Waals surface area contributed by atoms with Crippen LogP contribution < -0.4 is 0 Å². The fourth-order valence-corrected chi connectivity index (χ4v) is 10.8. The molecule has 0 radical (unpaired) electrons. The molecule has 0 atom stereocenters. The minimum Gasteiger partial charge on any atom is -0.396 e. The van der Waals surface area contributed by atoms with Crippen molar-refractivity contribution in [3.8, 4) is 0 Å². The molecule has 8 rings (SSSR count). The van der Waals surface area contributed by atoms with Gasteiger partial charge in [0, 0.05) is 70.8 Å². The number of hydrogen-bond donors (Lipinski definition) is 1. The van der Waals surface area contributed by atoms with Crippen LogP contribution in [-0.2, 0) is 52.7 Å². The van der Waals surface area contributed by atoms with Crippen LogP contribution in [0.2, 0.25) is 0 Å². The van der Waals surface area contributed by atoms with Gasteiger partial charge in [0.1, 0.15) is 6.29 Å². The van der Waals surface area contributed by atoms with E-state index in [-0.39, 0.29) is 60.8 Å². The molecule has 0 spiro atoms. The molecule has 2 saturated heterocycles. The molecule has 4 amide bonds. The summed E-state index contributed by atoms with van der Waals surface area (Å²) in [4.78, 5) is 82.3. The van der Waals surface area contributed by atoms with Gasteiger partial charge in [-0.3, -0.25) is 19.2 Å². The van der Waals surface area contributed by atoms with Crippen molar-refractivity contribution in [1.82, 2.24) is 19.6 Å². The van der Waals surface area contributed by atoms with Gasteiger partial charge in [-0.2, -0.15) is 0 Å². The SMILES string of the molecule is C.CI1OC(=O)c2ccccc21.ClCCl.O=C(Cc1ccccc1)N1CCN(C(=O)Cc2ccccc2)CC(CO)C1.O=CC1CN(C(=O)Cc2ccccc2)CCN(C(=O)Cc2ccccc2)C1. The summed E-state index contributed by atoms with van der Waals surface area (Å²) in [5.41, 5.74) is 4.63. The molecule has 0 saturated carbocycles. The van der Waals surface area contributed by atoms with Crippen LogP contribution in [0.4, 0.5) is 0 Å². The third-order valence-corrected chi connectivity index (χ3v) is 15.0. The van der Waals surface area contributed by atoms with Gasteiger partial charge in [0.15, 0.2) is 0 Å². The Morgan fingerprint density at radius 1 is 0.565 bits per heavy atom. The Bertz CT molecular complexity index is 2240. The standard InChI is InChI=1S/C22H26N2O3.C22H24N2O3.C8H7IO2.CH2Cl2.CH4/c2*25-17-20-15-23(21(26)13-18-7-3-1-4-8-18)11-12-24(16-20)22(27)14-19-9-5-2-6-10-19;1-9-7-5-3-2-4-6(7)8(10)11-9;2-1-3;/h1-10,20,25H,11-17H2;1-10,17,20H,11-16H2;2-5H,1H3;1H2;1H4. The Hall–Kier alpha value is -5.61. The Morgan fingerprint density at radius 2 is 0.870 bits per heavy atom. The first kappa shape index (κ1) is 56.0. The molecule has 0 unspecified atom stereocenters. The number of rotatable bonds is 10. The molecule has 2 fully saturated rings. The summed E-state index contributed by atoms with van der Waals surface area (Å²) < 4.78 is 6.30. The molecular weight excluding hydrogens is 1030 g/mol. The maximum atomic E-state index is 12.7. The van der Waals surface area contributed by atoms with Gasteiger partial charge in [-0.1, -0.05) is 129 Å². The number of halogens is 3. The van der Waals surface area contributed by atoms with Crippen molar-refractivity contribution in [2.45, 2.75) is 33.1 Å². The van der Waals surface area contributed by atoms with Crippen molar-refractivity contribution in [3.63, 3.8) is 0 Å². The molecule has 0 bridgehead atoms. The molecule has 3 aliphatic heterocycles. The third kappa shape index (κ3) is 18.3. The smallest absolute Gasteiger partial charge is 0.227 e. The summed E-state index contributed by atoms with van der Waals surface area (Å²) in [7, 11) is 0. The average molecular weight is 1090 g/mol. The number of carbonyl (C=O) groups excluding carboxylic acids is 6. The minimum absolute atomic E-state index is 0. The van der Waals surface area contributed by atoms with Crippen molar-refractivity contribution in [3.05, 3.63) is 177 Å². The van der Waals surface area contributed by atoms with E-state index in [0.717, 1.165) is 37.7 Å². The monoisotopic (exact) mass is 1090 g/mol. The Balaban J connectivity index is 0.000000233. The first-order valence-electron chi connectivity index (χ1n) is 22.4. The van der Waals surface area contributed by atoms with Gasteiger partial charge in [0.25, 0.3) is 0 Å². The number of aliphatic hydroxyl groups is 1. The van der Waals surface area contributed by atoms with E-state index >= 15 is 0 Å². The predicted molar refractivity (Wildman–Crippen MR) is 281 cm³/mol. The van der Waals surface area contributed by atoms with Crippen molar-refractivity contribution in [2.75, 3.05) is 69.2 Å². The van der Waals surface area contributed by atoms with Gasteiger partial charge < -0.3 is 29.5 Å². The second-order valence-corrected chi connectivity index (χ2v) is 21.1. The topological polar surface area (TPSA) is 145 Å². The largest absolute Gasteiger partial charge is 0.396 e.